The van der Waals surface area contributed by atoms with Crippen LogP contribution < -0.4 is 15.8 Å². The number of rotatable bonds is 7. The number of nitrogens with two attached hydrogens (primary N) is 1. The van der Waals surface area contributed by atoms with Crippen molar-refractivity contribution in [2.24, 2.45) is 0 Å². The van der Waals surface area contributed by atoms with Gasteiger partial charge < -0.3 is 20.7 Å². The van der Waals surface area contributed by atoms with Crippen LogP contribution in [0.3, 0.4) is 0 Å². The first kappa shape index (κ1) is 16.0. The average molecular weight is 277 g/mol. The second kappa shape index (κ2) is 7.55. The van der Waals surface area contributed by atoms with E-state index < -0.39 is 0 Å². The van der Waals surface area contributed by atoms with Crippen molar-refractivity contribution in [2.45, 2.75) is 6.92 Å². The Morgan fingerprint density at radius 3 is 2.70 bits per heavy atom. The van der Waals surface area contributed by atoms with E-state index in [4.69, 9.17) is 10.5 Å². The number of nitrogens with zero attached hydrogens (tertiary/aromatic N) is 1. The third-order valence-electron chi connectivity index (χ3n) is 2.59. The van der Waals surface area contributed by atoms with Crippen LogP contribution in [-0.4, -0.2) is 44.6 Å². The summed E-state index contributed by atoms with van der Waals surface area (Å²) in [5, 5.41) is 2.84. The highest BCUT2D eigenvalue weighted by molar-refractivity contribution is 5.95. The SMILES string of the molecule is C=C(C)COc1ccc(C(=O)NCCN(C)C)cc1N. The summed E-state index contributed by atoms with van der Waals surface area (Å²) >= 11 is 0. The zero-order valence-corrected chi connectivity index (χ0v) is 12.4. The first-order valence-electron chi connectivity index (χ1n) is 6.49. The molecule has 0 unspecified atom stereocenters. The van der Waals surface area contributed by atoms with Gasteiger partial charge in [0, 0.05) is 18.7 Å². The van der Waals surface area contributed by atoms with Gasteiger partial charge in [0.2, 0.25) is 0 Å². The number of nitrogens with one attached hydrogen (secondary N) is 1. The molecule has 0 fully saturated rings. The second-order valence-electron chi connectivity index (χ2n) is 5.06. The van der Waals surface area contributed by atoms with Gasteiger partial charge in [-0.2, -0.15) is 0 Å². The molecule has 0 aliphatic rings. The summed E-state index contributed by atoms with van der Waals surface area (Å²) in [5.74, 6) is 0.433. The van der Waals surface area contributed by atoms with Gasteiger partial charge in [-0.25, -0.2) is 0 Å². The number of hydrogen-bond donors (Lipinski definition) is 2. The van der Waals surface area contributed by atoms with Crippen LogP contribution >= 0.6 is 0 Å². The van der Waals surface area contributed by atoms with Crippen molar-refractivity contribution in [3.63, 3.8) is 0 Å². The van der Waals surface area contributed by atoms with E-state index in [1.54, 1.807) is 18.2 Å². The fraction of sp³-hybridized carbons (Fsp3) is 0.400. The Morgan fingerprint density at radius 2 is 2.15 bits per heavy atom. The van der Waals surface area contributed by atoms with Gasteiger partial charge >= 0.3 is 0 Å². The number of benzene rings is 1. The molecule has 20 heavy (non-hydrogen) atoms. The molecule has 1 aromatic carbocycles. The molecular weight excluding hydrogens is 254 g/mol. The molecule has 5 heteroatoms. The maximum Gasteiger partial charge on any atom is 0.251 e. The maximum atomic E-state index is 11.9. The van der Waals surface area contributed by atoms with Gasteiger partial charge in [-0.1, -0.05) is 6.58 Å². The van der Waals surface area contributed by atoms with Gasteiger partial charge in [-0.15, -0.1) is 0 Å². The molecule has 110 valence electrons. The highest BCUT2D eigenvalue weighted by Gasteiger charge is 2.08. The zero-order chi connectivity index (χ0) is 15.1. The van der Waals surface area contributed by atoms with Gasteiger partial charge in [0.15, 0.2) is 0 Å². The molecule has 0 saturated heterocycles. The summed E-state index contributed by atoms with van der Waals surface area (Å²) in [6.45, 7) is 7.44. The Labute approximate surface area is 120 Å². The minimum absolute atomic E-state index is 0.134. The monoisotopic (exact) mass is 277 g/mol. The lowest BCUT2D eigenvalue weighted by atomic mass is 10.1. The number of anilines is 1. The van der Waals surface area contributed by atoms with E-state index in [2.05, 4.69) is 11.9 Å². The van der Waals surface area contributed by atoms with Crippen molar-refractivity contribution in [2.75, 3.05) is 39.5 Å². The van der Waals surface area contributed by atoms with Crippen LogP contribution in [0.2, 0.25) is 0 Å². The summed E-state index contributed by atoms with van der Waals surface area (Å²) in [6, 6.07) is 5.03. The predicted octanol–water partition coefficient (Wildman–Crippen LogP) is 1.52. The van der Waals surface area contributed by atoms with Crippen LogP contribution in [0.4, 0.5) is 5.69 Å². The number of likely N-dealkylation sites (N-methyl/N-ethyl adjacent to an activating group) is 1. The molecule has 0 aliphatic heterocycles. The Balaban J connectivity index is 2.61. The smallest absolute Gasteiger partial charge is 0.251 e. The van der Waals surface area contributed by atoms with Gasteiger partial charge in [-0.05, 0) is 44.8 Å². The minimum atomic E-state index is -0.134. The zero-order valence-electron chi connectivity index (χ0n) is 12.4. The number of carbonyl (C=O) groups excluding carboxylic acids is 1. The molecule has 3 N–H and O–H groups in total. The molecule has 0 saturated carbocycles. The molecule has 0 spiro atoms. The topological polar surface area (TPSA) is 67.6 Å². The Kier molecular flexibility index (Phi) is 6.06. The molecule has 0 aliphatic carbocycles. The molecule has 1 amide bonds. The van der Waals surface area contributed by atoms with Gasteiger partial charge in [0.05, 0.1) is 5.69 Å². The average Bonchev–Trinajstić information content (AvgIpc) is 2.36. The van der Waals surface area contributed by atoms with E-state index in [1.807, 2.05) is 25.9 Å². The maximum absolute atomic E-state index is 11.9. The largest absolute Gasteiger partial charge is 0.487 e. The molecule has 0 bridgehead atoms. The van der Waals surface area contributed by atoms with Crippen molar-refractivity contribution in [3.8, 4) is 5.75 Å². The summed E-state index contributed by atoms with van der Waals surface area (Å²) < 4.78 is 5.48. The van der Waals surface area contributed by atoms with E-state index >= 15 is 0 Å². The standard InChI is InChI=1S/C15H23N3O2/c1-11(2)10-20-14-6-5-12(9-13(14)16)15(19)17-7-8-18(3)4/h5-6,9H,1,7-8,10,16H2,2-4H3,(H,17,19). The van der Waals surface area contributed by atoms with Crippen LogP contribution in [0, 0.1) is 0 Å². The quantitative estimate of drug-likeness (QED) is 0.585. The Hall–Kier alpha value is -2.01. The molecule has 0 aromatic heterocycles. The van der Waals surface area contributed by atoms with Crippen molar-refractivity contribution in [1.82, 2.24) is 10.2 Å². The van der Waals surface area contributed by atoms with Gasteiger partial charge in [0.25, 0.3) is 5.91 Å². The van der Waals surface area contributed by atoms with Crippen molar-refractivity contribution >= 4 is 11.6 Å². The van der Waals surface area contributed by atoms with Crippen LogP contribution in [0.1, 0.15) is 17.3 Å². The van der Waals surface area contributed by atoms with E-state index in [-0.39, 0.29) is 5.91 Å². The van der Waals surface area contributed by atoms with Crippen molar-refractivity contribution < 1.29 is 9.53 Å². The summed E-state index contributed by atoms with van der Waals surface area (Å²) in [6.07, 6.45) is 0. The lowest BCUT2D eigenvalue weighted by Crippen LogP contribution is -2.31. The number of hydrogen-bond acceptors (Lipinski definition) is 4. The molecule has 1 aromatic rings. The molecule has 0 radical (unpaired) electrons. The number of ether oxygens (including phenoxy) is 1. The molecule has 1 rings (SSSR count). The number of nitrogen functional groups attached to an aromatic ring is 1. The molecule has 0 atom stereocenters. The van der Waals surface area contributed by atoms with E-state index in [9.17, 15) is 4.79 Å². The summed E-state index contributed by atoms with van der Waals surface area (Å²) in [7, 11) is 3.91. The van der Waals surface area contributed by atoms with E-state index in [1.165, 1.54) is 0 Å². The minimum Gasteiger partial charge on any atom is -0.487 e. The van der Waals surface area contributed by atoms with E-state index in [0.29, 0.717) is 30.2 Å². The van der Waals surface area contributed by atoms with Gasteiger partial charge in [-0.3, -0.25) is 4.79 Å². The highest BCUT2D eigenvalue weighted by atomic mass is 16.5. The number of carbonyl (C=O) groups is 1. The van der Waals surface area contributed by atoms with Crippen LogP contribution in [0.15, 0.2) is 30.4 Å². The third kappa shape index (κ3) is 5.32. The summed E-state index contributed by atoms with van der Waals surface area (Å²) in [4.78, 5) is 13.9. The fourth-order valence-electron chi connectivity index (χ4n) is 1.52. The predicted molar refractivity (Wildman–Crippen MR) is 82.1 cm³/mol. The van der Waals surface area contributed by atoms with Crippen LogP contribution in [-0.2, 0) is 0 Å². The number of amides is 1. The first-order valence-corrected chi connectivity index (χ1v) is 6.49. The summed E-state index contributed by atoms with van der Waals surface area (Å²) in [5.41, 5.74) is 7.77. The molecule has 0 heterocycles. The van der Waals surface area contributed by atoms with Crippen molar-refractivity contribution in [3.05, 3.63) is 35.9 Å². The van der Waals surface area contributed by atoms with Crippen LogP contribution in [0.25, 0.3) is 0 Å². The highest BCUT2D eigenvalue weighted by Crippen LogP contribution is 2.22. The fourth-order valence-corrected chi connectivity index (χ4v) is 1.52. The second-order valence-corrected chi connectivity index (χ2v) is 5.06. The first-order chi connectivity index (χ1) is 9.40. The van der Waals surface area contributed by atoms with Gasteiger partial charge in [0.1, 0.15) is 12.4 Å². The lowest BCUT2D eigenvalue weighted by molar-refractivity contribution is 0.0951. The Bertz CT molecular complexity index is 484. The van der Waals surface area contributed by atoms with Crippen molar-refractivity contribution in [1.29, 1.82) is 0 Å². The normalized spacial score (nSPS) is 10.4. The lowest BCUT2D eigenvalue weighted by Gasteiger charge is -2.12. The molecular formula is C15H23N3O2. The molecule has 5 nitrogen and oxygen atoms in total. The van der Waals surface area contributed by atoms with Crippen LogP contribution in [0.5, 0.6) is 5.75 Å². The Morgan fingerprint density at radius 1 is 1.45 bits per heavy atom. The van der Waals surface area contributed by atoms with E-state index in [0.717, 1.165) is 12.1 Å². The third-order valence-corrected chi connectivity index (χ3v) is 2.59.